The van der Waals surface area contributed by atoms with Gasteiger partial charge in [-0.15, -0.1) is 0 Å². The fourth-order valence-electron chi connectivity index (χ4n) is 5.64. The third-order valence-electron chi connectivity index (χ3n) is 8.35. The van der Waals surface area contributed by atoms with E-state index in [-0.39, 0.29) is 50.0 Å². The Morgan fingerprint density at radius 3 is 2.00 bits per heavy atom. The summed E-state index contributed by atoms with van der Waals surface area (Å²) in [6.45, 7) is 5.64. The summed E-state index contributed by atoms with van der Waals surface area (Å²) in [5, 5.41) is -0.372. The van der Waals surface area contributed by atoms with Gasteiger partial charge in [0.25, 0.3) is 15.9 Å². The first kappa shape index (κ1) is 41.2. The second kappa shape index (κ2) is 16.4. The van der Waals surface area contributed by atoms with Gasteiger partial charge in [-0.05, 0) is 90.4 Å². The Morgan fingerprint density at radius 1 is 0.768 bits per heavy atom. The molecule has 0 heterocycles. The number of amides is 1. The molecule has 0 aliphatic heterocycles. The van der Waals surface area contributed by atoms with Gasteiger partial charge in [-0.25, -0.2) is 16.8 Å². The van der Waals surface area contributed by atoms with Crippen molar-refractivity contribution in [3.05, 3.63) is 120 Å². The van der Waals surface area contributed by atoms with Crippen LogP contribution in [0.2, 0.25) is 0 Å². The van der Waals surface area contributed by atoms with E-state index in [0.717, 1.165) is 42.5 Å². The standard InChI is InChI=1S/C40H35F3N2O9S2/c1-5-27-10-16-31(17-11-27)45(39(48)21-13-28-12-20-36(53-25(3)46)37(22-28)54-26(4)47)35-24-29(40(41,42)43)23-34-33(35)8-7-9-38(34)56(51,52)44-30-14-18-32(19-15-30)55(49,50)6-2/h7-24,44H,5-6H2,1-4H3/b21-13+. The Balaban J connectivity index is 1.67. The third kappa shape index (κ3) is 9.44. The van der Waals surface area contributed by atoms with Gasteiger partial charge in [0.1, 0.15) is 0 Å². The zero-order chi connectivity index (χ0) is 41.0. The van der Waals surface area contributed by atoms with Crippen LogP contribution in [0.5, 0.6) is 11.5 Å². The van der Waals surface area contributed by atoms with Gasteiger partial charge in [0.2, 0.25) is 0 Å². The number of benzene rings is 5. The lowest BCUT2D eigenvalue weighted by Crippen LogP contribution is -2.25. The number of rotatable bonds is 12. The lowest BCUT2D eigenvalue weighted by atomic mass is 10.0. The molecule has 0 atom stereocenters. The lowest BCUT2D eigenvalue weighted by Gasteiger charge is -2.25. The van der Waals surface area contributed by atoms with Gasteiger partial charge in [0.15, 0.2) is 21.3 Å². The molecule has 11 nitrogen and oxygen atoms in total. The highest BCUT2D eigenvalue weighted by Crippen LogP contribution is 2.42. The topological polar surface area (TPSA) is 153 Å². The maximum Gasteiger partial charge on any atom is 0.416 e. The molecule has 56 heavy (non-hydrogen) atoms. The summed E-state index contributed by atoms with van der Waals surface area (Å²) in [6.07, 6.45) is -1.98. The molecule has 0 radical (unpaired) electrons. The second-order valence-electron chi connectivity index (χ2n) is 12.3. The molecule has 0 saturated heterocycles. The number of esters is 2. The van der Waals surface area contributed by atoms with E-state index in [1.165, 1.54) is 67.6 Å². The summed E-state index contributed by atoms with van der Waals surface area (Å²) in [5.41, 5.74) is -0.241. The molecule has 0 fully saturated rings. The quantitative estimate of drug-likeness (QED) is 0.0746. The number of hydrogen-bond donors (Lipinski definition) is 1. The average Bonchev–Trinajstić information content (AvgIpc) is 3.14. The van der Waals surface area contributed by atoms with E-state index in [1.54, 1.807) is 24.3 Å². The molecule has 0 aliphatic rings. The van der Waals surface area contributed by atoms with Crippen LogP contribution in [0.3, 0.4) is 0 Å². The first-order valence-electron chi connectivity index (χ1n) is 16.9. The minimum Gasteiger partial charge on any atom is -0.423 e. The van der Waals surface area contributed by atoms with Crippen molar-refractivity contribution in [1.82, 2.24) is 0 Å². The number of aryl methyl sites for hydroxylation is 1. The highest BCUT2D eigenvalue weighted by Gasteiger charge is 2.34. The Bertz CT molecular complexity index is 2570. The molecule has 0 aliphatic carbocycles. The molecule has 0 bridgehead atoms. The van der Waals surface area contributed by atoms with Crippen LogP contribution in [-0.4, -0.2) is 40.4 Å². The summed E-state index contributed by atoms with van der Waals surface area (Å²) in [7, 11) is -8.21. The zero-order valence-corrected chi connectivity index (χ0v) is 32.0. The van der Waals surface area contributed by atoms with Crippen LogP contribution in [0.15, 0.2) is 113 Å². The SMILES string of the molecule is CCc1ccc(N(C(=O)/C=C/c2ccc(OC(C)=O)c(OC(C)=O)c2)c2cc(C(F)(F)F)cc3c(S(=O)(=O)Nc4ccc(S(=O)(=O)CC)cc4)cccc23)cc1. The van der Waals surface area contributed by atoms with E-state index in [2.05, 4.69) is 4.72 Å². The lowest BCUT2D eigenvalue weighted by molar-refractivity contribution is -0.137. The zero-order valence-electron chi connectivity index (χ0n) is 30.4. The van der Waals surface area contributed by atoms with E-state index in [1.807, 2.05) is 6.92 Å². The van der Waals surface area contributed by atoms with Crippen molar-refractivity contribution in [2.24, 2.45) is 0 Å². The van der Waals surface area contributed by atoms with Crippen LogP contribution in [0.4, 0.5) is 30.2 Å². The van der Waals surface area contributed by atoms with Crippen molar-refractivity contribution in [3.63, 3.8) is 0 Å². The summed E-state index contributed by atoms with van der Waals surface area (Å²) >= 11 is 0. The molecule has 0 aromatic heterocycles. The summed E-state index contributed by atoms with van der Waals surface area (Å²) < 4.78 is 109. The monoisotopic (exact) mass is 808 g/mol. The third-order valence-corrected chi connectivity index (χ3v) is 11.5. The predicted octanol–water partition coefficient (Wildman–Crippen LogP) is 8.24. The first-order valence-corrected chi connectivity index (χ1v) is 20.1. The molecule has 1 amide bonds. The molecular weight excluding hydrogens is 774 g/mol. The molecule has 0 saturated carbocycles. The number of ether oxygens (including phenoxy) is 2. The number of anilines is 3. The van der Waals surface area contributed by atoms with Crippen molar-refractivity contribution < 1.29 is 53.9 Å². The number of sulfone groups is 1. The fraction of sp³-hybridized carbons (Fsp3) is 0.175. The number of fused-ring (bicyclic) bond motifs is 1. The number of hydrogen-bond acceptors (Lipinski definition) is 9. The minimum absolute atomic E-state index is 0.0190. The van der Waals surface area contributed by atoms with Crippen molar-refractivity contribution in [2.75, 3.05) is 15.4 Å². The van der Waals surface area contributed by atoms with E-state index in [4.69, 9.17) is 9.47 Å². The van der Waals surface area contributed by atoms with E-state index >= 15 is 0 Å². The van der Waals surface area contributed by atoms with Crippen LogP contribution in [-0.2, 0) is 46.8 Å². The number of alkyl halides is 3. The van der Waals surface area contributed by atoms with Gasteiger partial charge in [0, 0.05) is 42.1 Å². The molecule has 16 heteroatoms. The Morgan fingerprint density at radius 2 is 1.41 bits per heavy atom. The largest absolute Gasteiger partial charge is 0.423 e. The maximum atomic E-state index is 14.6. The molecule has 5 aromatic carbocycles. The van der Waals surface area contributed by atoms with Gasteiger partial charge >= 0.3 is 18.1 Å². The van der Waals surface area contributed by atoms with Crippen molar-refractivity contribution >= 4 is 71.6 Å². The minimum atomic E-state index is -4.98. The summed E-state index contributed by atoms with van der Waals surface area (Å²) in [4.78, 5) is 38.0. The van der Waals surface area contributed by atoms with E-state index in [0.29, 0.717) is 18.1 Å². The van der Waals surface area contributed by atoms with Gasteiger partial charge in [-0.2, -0.15) is 13.2 Å². The van der Waals surface area contributed by atoms with Crippen LogP contribution in [0.25, 0.3) is 16.8 Å². The van der Waals surface area contributed by atoms with Crippen LogP contribution in [0.1, 0.15) is 44.4 Å². The fourth-order valence-corrected chi connectivity index (χ4v) is 7.80. The molecule has 5 aromatic rings. The van der Waals surface area contributed by atoms with Crippen molar-refractivity contribution in [1.29, 1.82) is 0 Å². The van der Waals surface area contributed by atoms with Crippen LogP contribution >= 0.6 is 0 Å². The van der Waals surface area contributed by atoms with Gasteiger partial charge < -0.3 is 9.47 Å². The number of nitrogens with zero attached hydrogens (tertiary/aromatic N) is 1. The Labute approximate surface area is 321 Å². The molecule has 292 valence electrons. The summed E-state index contributed by atoms with van der Waals surface area (Å²) in [5.74, 6) is -2.60. The molecule has 1 N–H and O–H groups in total. The number of carbonyl (C=O) groups is 3. The molecular formula is C40H35F3N2O9S2. The maximum absolute atomic E-state index is 14.6. The summed E-state index contributed by atoms with van der Waals surface area (Å²) in [6, 6.07) is 20.8. The van der Waals surface area contributed by atoms with Crippen LogP contribution < -0.4 is 19.1 Å². The van der Waals surface area contributed by atoms with Gasteiger partial charge in [-0.1, -0.05) is 44.2 Å². The van der Waals surface area contributed by atoms with Crippen molar-refractivity contribution in [2.45, 2.75) is 50.1 Å². The number of nitrogens with one attached hydrogen (secondary N) is 1. The highest BCUT2D eigenvalue weighted by molar-refractivity contribution is 7.93. The van der Waals surface area contributed by atoms with E-state index < -0.39 is 54.3 Å². The first-order chi connectivity index (χ1) is 26.3. The molecule has 0 unspecified atom stereocenters. The predicted molar refractivity (Wildman–Crippen MR) is 205 cm³/mol. The number of carbonyl (C=O) groups excluding carboxylic acids is 3. The Hall–Kier alpha value is -6.00. The smallest absolute Gasteiger partial charge is 0.416 e. The normalized spacial score (nSPS) is 12.1. The van der Waals surface area contributed by atoms with Gasteiger partial charge in [0.05, 0.1) is 26.8 Å². The second-order valence-corrected chi connectivity index (χ2v) is 16.2. The van der Waals surface area contributed by atoms with Crippen LogP contribution in [0, 0.1) is 0 Å². The number of sulfonamides is 1. The average molecular weight is 809 g/mol. The number of halogens is 3. The Kier molecular flexibility index (Phi) is 12.0. The highest BCUT2D eigenvalue weighted by atomic mass is 32.2. The van der Waals surface area contributed by atoms with Crippen molar-refractivity contribution in [3.8, 4) is 11.5 Å². The van der Waals surface area contributed by atoms with Gasteiger partial charge in [-0.3, -0.25) is 24.0 Å². The molecule has 5 rings (SSSR count). The molecule has 0 spiro atoms. The van der Waals surface area contributed by atoms with E-state index in [9.17, 15) is 44.4 Å².